The average molecular weight is 349 g/mol. The summed E-state index contributed by atoms with van der Waals surface area (Å²) < 4.78 is 5.15. The summed E-state index contributed by atoms with van der Waals surface area (Å²) in [6, 6.07) is 14.1. The fourth-order valence-electron chi connectivity index (χ4n) is 2.97. The molecule has 0 unspecified atom stereocenters. The summed E-state index contributed by atoms with van der Waals surface area (Å²) in [6.07, 6.45) is -0.00318. The Morgan fingerprint density at radius 3 is 2.35 bits per heavy atom. The smallest absolute Gasteiger partial charge is 0.313 e. The molecular weight excluding hydrogens is 334 g/mol. The maximum atomic E-state index is 12.2. The number of carbonyl (C=O) groups excluding carboxylic acids is 3. The molecule has 0 spiro atoms. The van der Waals surface area contributed by atoms with E-state index in [-0.39, 0.29) is 31.4 Å². The van der Waals surface area contributed by atoms with E-state index in [9.17, 15) is 14.4 Å². The summed E-state index contributed by atoms with van der Waals surface area (Å²) >= 11 is 0. The molecular formula is C19H15N3O4. The van der Waals surface area contributed by atoms with Gasteiger partial charge >= 0.3 is 5.97 Å². The van der Waals surface area contributed by atoms with Crippen LogP contribution in [0.5, 0.6) is 0 Å². The SMILES string of the molecule is O=C(Cc1nc2ccccc2[nH]1)OCCN1C(=O)c2ccccc2C1=O. The zero-order valence-corrected chi connectivity index (χ0v) is 13.8. The molecule has 26 heavy (non-hydrogen) atoms. The van der Waals surface area contributed by atoms with Gasteiger partial charge in [-0.1, -0.05) is 24.3 Å². The van der Waals surface area contributed by atoms with Gasteiger partial charge in [-0.2, -0.15) is 0 Å². The molecule has 2 amide bonds. The molecule has 4 rings (SSSR count). The Balaban J connectivity index is 1.33. The summed E-state index contributed by atoms with van der Waals surface area (Å²) in [5, 5.41) is 0. The minimum Gasteiger partial charge on any atom is -0.463 e. The first-order chi connectivity index (χ1) is 12.6. The molecule has 130 valence electrons. The number of esters is 1. The molecule has 0 saturated carbocycles. The Bertz CT molecular complexity index is 956. The monoisotopic (exact) mass is 349 g/mol. The third-order valence-corrected chi connectivity index (χ3v) is 4.21. The molecule has 0 atom stereocenters. The van der Waals surface area contributed by atoms with Gasteiger partial charge in [-0.15, -0.1) is 0 Å². The van der Waals surface area contributed by atoms with Crippen molar-refractivity contribution in [3.05, 3.63) is 65.5 Å². The van der Waals surface area contributed by atoms with Gasteiger partial charge in [-0.3, -0.25) is 19.3 Å². The predicted molar refractivity (Wildman–Crippen MR) is 92.6 cm³/mol. The van der Waals surface area contributed by atoms with Crippen molar-refractivity contribution in [2.45, 2.75) is 6.42 Å². The van der Waals surface area contributed by atoms with Crippen molar-refractivity contribution >= 4 is 28.8 Å². The highest BCUT2D eigenvalue weighted by Crippen LogP contribution is 2.21. The largest absolute Gasteiger partial charge is 0.463 e. The lowest BCUT2D eigenvalue weighted by atomic mass is 10.1. The van der Waals surface area contributed by atoms with Crippen LogP contribution < -0.4 is 0 Å². The number of aromatic nitrogens is 2. The minimum atomic E-state index is -0.472. The fraction of sp³-hybridized carbons (Fsp3) is 0.158. The van der Waals surface area contributed by atoms with Crippen LogP contribution in [-0.2, 0) is 16.0 Å². The zero-order chi connectivity index (χ0) is 18.1. The number of aromatic amines is 1. The first-order valence-electron chi connectivity index (χ1n) is 8.18. The van der Waals surface area contributed by atoms with Crippen LogP contribution in [0.4, 0.5) is 0 Å². The van der Waals surface area contributed by atoms with Crippen LogP contribution in [0.2, 0.25) is 0 Å². The molecule has 1 aliphatic rings. The number of para-hydroxylation sites is 2. The third kappa shape index (κ3) is 2.83. The lowest BCUT2D eigenvalue weighted by molar-refractivity contribution is -0.143. The van der Waals surface area contributed by atoms with Crippen LogP contribution in [0.1, 0.15) is 26.5 Å². The standard InChI is InChI=1S/C19H15N3O4/c23-17(11-16-20-14-7-3-4-8-15(14)21-16)26-10-9-22-18(24)12-5-1-2-6-13(12)19(22)25/h1-8H,9-11H2,(H,20,21). The highest BCUT2D eigenvalue weighted by atomic mass is 16.5. The second kappa shape index (κ2) is 6.44. The summed E-state index contributed by atoms with van der Waals surface area (Å²) in [5.74, 6) is -0.685. The number of hydrogen-bond donors (Lipinski definition) is 1. The quantitative estimate of drug-likeness (QED) is 0.561. The van der Waals surface area contributed by atoms with Crippen LogP contribution in [0, 0.1) is 0 Å². The van der Waals surface area contributed by atoms with E-state index in [1.165, 1.54) is 0 Å². The van der Waals surface area contributed by atoms with Crippen molar-refractivity contribution in [1.29, 1.82) is 0 Å². The molecule has 0 bridgehead atoms. The number of benzene rings is 2. The Kier molecular flexibility index (Phi) is 3.96. The molecule has 2 aromatic carbocycles. The van der Waals surface area contributed by atoms with Gasteiger partial charge in [0, 0.05) is 0 Å². The zero-order valence-electron chi connectivity index (χ0n) is 13.8. The van der Waals surface area contributed by atoms with Gasteiger partial charge in [0.2, 0.25) is 0 Å². The molecule has 0 saturated heterocycles. The Morgan fingerprint density at radius 2 is 1.65 bits per heavy atom. The van der Waals surface area contributed by atoms with Gasteiger partial charge < -0.3 is 9.72 Å². The molecule has 1 N–H and O–H groups in total. The molecule has 7 heteroatoms. The van der Waals surface area contributed by atoms with Crippen molar-refractivity contribution in [3.63, 3.8) is 0 Å². The number of nitrogens with zero attached hydrogens (tertiary/aromatic N) is 2. The van der Waals surface area contributed by atoms with Crippen molar-refractivity contribution in [1.82, 2.24) is 14.9 Å². The van der Waals surface area contributed by atoms with Crippen LogP contribution in [-0.4, -0.2) is 45.8 Å². The molecule has 0 radical (unpaired) electrons. The maximum absolute atomic E-state index is 12.2. The van der Waals surface area contributed by atoms with E-state index >= 15 is 0 Å². The summed E-state index contributed by atoms with van der Waals surface area (Å²) in [5.41, 5.74) is 2.39. The molecule has 7 nitrogen and oxygen atoms in total. The van der Waals surface area contributed by atoms with E-state index in [0.29, 0.717) is 17.0 Å². The second-order valence-corrected chi connectivity index (χ2v) is 5.91. The van der Waals surface area contributed by atoms with E-state index in [1.54, 1.807) is 24.3 Å². The Labute approximate surface area is 148 Å². The van der Waals surface area contributed by atoms with Gasteiger partial charge in [0.15, 0.2) is 0 Å². The average Bonchev–Trinajstić information content (AvgIpc) is 3.15. The van der Waals surface area contributed by atoms with Gasteiger partial charge in [0.25, 0.3) is 11.8 Å². The number of nitrogens with one attached hydrogen (secondary N) is 1. The second-order valence-electron chi connectivity index (χ2n) is 5.91. The minimum absolute atomic E-state index is 0.00318. The Hall–Kier alpha value is -3.48. The van der Waals surface area contributed by atoms with Gasteiger partial charge in [-0.05, 0) is 24.3 Å². The van der Waals surface area contributed by atoms with E-state index in [2.05, 4.69) is 9.97 Å². The molecule has 0 aliphatic carbocycles. The lowest BCUT2D eigenvalue weighted by Gasteiger charge is -2.13. The van der Waals surface area contributed by atoms with Crippen LogP contribution in [0.15, 0.2) is 48.5 Å². The van der Waals surface area contributed by atoms with Crippen molar-refractivity contribution in [2.75, 3.05) is 13.2 Å². The molecule has 2 heterocycles. The number of imidazole rings is 1. The summed E-state index contributed by atoms with van der Waals surface area (Å²) in [4.78, 5) is 44.9. The van der Waals surface area contributed by atoms with Crippen LogP contribution in [0.3, 0.4) is 0 Å². The topological polar surface area (TPSA) is 92.4 Å². The normalized spacial score (nSPS) is 13.3. The predicted octanol–water partition coefficient (Wildman–Crippen LogP) is 1.94. The molecule has 1 aliphatic heterocycles. The fourth-order valence-corrected chi connectivity index (χ4v) is 2.97. The van der Waals surface area contributed by atoms with E-state index in [0.717, 1.165) is 15.9 Å². The Morgan fingerprint density at radius 1 is 1.00 bits per heavy atom. The number of rotatable bonds is 5. The van der Waals surface area contributed by atoms with Gasteiger partial charge in [0.1, 0.15) is 18.9 Å². The highest BCUT2D eigenvalue weighted by molar-refractivity contribution is 6.21. The summed E-state index contributed by atoms with van der Waals surface area (Å²) in [7, 11) is 0. The summed E-state index contributed by atoms with van der Waals surface area (Å²) in [6.45, 7) is -0.0251. The highest BCUT2D eigenvalue weighted by Gasteiger charge is 2.34. The molecule has 1 aromatic heterocycles. The number of hydrogen-bond acceptors (Lipinski definition) is 5. The van der Waals surface area contributed by atoms with Crippen molar-refractivity contribution in [2.24, 2.45) is 0 Å². The third-order valence-electron chi connectivity index (χ3n) is 4.21. The molecule has 0 fully saturated rings. The van der Waals surface area contributed by atoms with E-state index in [1.807, 2.05) is 24.3 Å². The van der Waals surface area contributed by atoms with Crippen molar-refractivity contribution < 1.29 is 19.1 Å². The number of amides is 2. The van der Waals surface area contributed by atoms with E-state index < -0.39 is 5.97 Å². The van der Waals surface area contributed by atoms with Gasteiger partial charge in [-0.25, -0.2) is 4.98 Å². The van der Waals surface area contributed by atoms with E-state index in [4.69, 9.17) is 4.74 Å². The lowest BCUT2D eigenvalue weighted by Crippen LogP contribution is -2.33. The number of ether oxygens (including phenoxy) is 1. The number of imide groups is 1. The van der Waals surface area contributed by atoms with Gasteiger partial charge in [0.05, 0.1) is 28.7 Å². The van der Waals surface area contributed by atoms with Crippen LogP contribution in [0.25, 0.3) is 11.0 Å². The number of carbonyl (C=O) groups is 3. The van der Waals surface area contributed by atoms with Crippen molar-refractivity contribution in [3.8, 4) is 0 Å². The first-order valence-corrected chi connectivity index (χ1v) is 8.18. The number of H-pyrrole nitrogens is 1. The molecule has 3 aromatic rings. The van der Waals surface area contributed by atoms with Crippen LogP contribution >= 0.6 is 0 Å². The number of fused-ring (bicyclic) bond motifs is 2. The maximum Gasteiger partial charge on any atom is 0.313 e. The first kappa shape index (κ1) is 16.0.